The zero-order chi connectivity index (χ0) is 35.6. The Balaban J connectivity index is 1.04. The molecule has 0 amide bonds. The first-order valence-corrected chi connectivity index (χ1v) is 19.6. The smallest absolute Gasteiger partial charge is 0.0540 e. The van der Waals surface area contributed by atoms with Gasteiger partial charge in [0.05, 0.1) is 5.69 Å². The molecule has 0 atom stereocenters. The van der Waals surface area contributed by atoms with Gasteiger partial charge in [0.1, 0.15) is 0 Å². The van der Waals surface area contributed by atoms with E-state index < -0.39 is 0 Å². The fourth-order valence-corrected chi connectivity index (χ4v) is 9.79. The van der Waals surface area contributed by atoms with Crippen LogP contribution in [0.2, 0.25) is 0 Å². The number of anilines is 3. The molecule has 0 saturated carbocycles. The highest BCUT2D eigenvalue weighted by atomic mass is 32.1. The minimum Gasteiger partial charge on any atom is -0.310 e. The summed E-state index contributed by atoms with van der Waals surface area (Å²) in [5, 5.41) is 12.9. The molecule has 1 nitrogen and oxygen atoms in total. The molecule has 1 aliphatic rings. The monoisotopic (exact) mass is 705 g/mol. The minimum atomic E-state index is 1.08. The lowest BCUT2D eigenvalue weighted by atomic mass is 9.94. The van der Waals surface area contributed by atoms with Crippen molar-refractivity contribution >= 4 is 97.2 Å². The fourth-order valence-electron chi connectivity index (χ4n) is 8.67. The molecule has 0 saturated heterocycles. The van der Waals surface area contributed by atoms with E-state index in [1.807, 2.05) is 11.3 Å². The number of fused-ring (bicyclic) bond motifs is 10. The molecule has 1 heterocycles. The number of hydrogen-bond acceptors (Lipinski definition) is 2. The molecule has 0 bridgehead atoms. The van der Waals surface area contributed by atoms with Crippen LogP contribution in [0.3, 0.4) is 0 Å². The summed E-state index contributed by atoms with van der Waals surface area (Å²) in [7, 11) is 0. The Hall–Kier alpha value is -6.48. The van der Waals surface area contributed by atoms with Gasteiger partial charge in [0.2, 0.25) is 0 Å². The largest absolute Gasteiger partial charge is 0.310 e. The first-order chi connectivity index (χ1) is 26.8. The van der Waals surface area contributed by atoms with Crippen LogP contribution >= 0.6 is 11.3 Å². The standard InChI is InChI=1S/C52H35NS/c1-2-9-34(10-3-1)35-21-26-41(27-22-35)53(48-15-8-14-46-45(48)31-32-50-52(46)47-13-6-7-16-49(47)54-50)42-28-23-36(24-29-42)39-25-30-44-40(33-39)20-19-38-18-17-37-11-4-5-12-43(37)51(38)44/h1-2,4-9,11-33H,3,10H2. The van der Waals surface area contributed by atoms with Gasteiger partial charge < -0.3 is 4.90 Å². The van der Waals surface area contributed by atoms with E-state index in [0.29, 0.717) is 0 Å². The van der Waals surface area contributed by atoms with E-state index in [2.05, 4.69) is 193 Å². The maximum atomic E-state index is 2.43. The van der Waals surface area contributed by atoms with E-state index in [-0.39, 0.29) is 0 Å². The molecule has 1 aliphatic carbocycles. The Kier molecular flexibility index (Phi) is 7.24. The van der Waals surface area contributed by atoms with Crippen LogP contribution in [0.15, 0.2) is 188 Å². The lowest BCUT2D eigenvalue weighted by Crippen LogP contribution is -2.10. The molecule has 0 N–H and O–H groups in total. The summed E-state index contributed by atoms with van der Waals surface area (Å²) in [6.07, 6.45) is 8.87. The highest BCUT2D eigenvalue weighted by Crippen LogP contribution is 2.45. The number of benzene rings is 9. The second-order valence-corrected chi connectivity index (χ2v) is 15.5. The third-order valence-corrected chi connectivity index (χ3v) is 12.4. The van der Waals surface area contributed by atoms with Crippen molar-refractivity contribution in [1.82, 2.24) is 0 Å². The Morgan fingerprint density at radius 2 is 1.09 bits per heavy atom. The van der Waals surface area contributed by atoms with Crippen LogP contribution in [-0.4, -0.2) is 0 Å². The SMILES string of the molecule is C1=CCCC(c2ccc(N(c3ccc(-c4ccc5c(ccc6ccc7ccccc7c65)c4)cc3)c3cccc4c3ccc3sc5ccccc5c34)cc2)=C1. The van der Waals surface area contributed by atoms with Crippen LogP contribution in [0.4, 0.5) is 17.1 Å². The first kappa shape index (κ1) is 31.1. The van der Waals surface area contributed by atoms with Gasteiger partial charge in [0, 0.05) is 36.9 Å². The molecule has 0 spiro atoms. The lowest BCUT2D eigenvalue weighted by molar-refractivity contribution is 1.05. The average Bonchev–Trinajstić information content (AvgIpc) is 3.64. The second kappa shape index (κ2) is 12.6. The highest BCUT2D eigenvalue weighted by Gasteiger charge is 2.19. The molecular weight excluding hydrogens is 671 g/mol. The van der Waals surface area contributed by atoms with E-state index in [0.717, 1.165) is 24.2 Å². The van der Waals surface area contributed by atoms with Crippen LogP contribution in [0.25, 0.3) is 80.0 Å². The summed E-state index contributed by atoms with van der Waals surface area (Å²) in [5.74, 6) is 0. The normalized spacial score (nSPS) is 13.1. The van der Waals surface area contributed by atoms with Gasteiger partial charge in [-0.05, 0) is 121 Å². The van der Waals surface area contributed by atoms with Crippen molar-refractivity contribution in [2.45, 2.75) is 12.8 Å². The predicted octanol–water partition coefficient (Wildman–Crippen LogP) is 15.5. The van der Waals surface area contributed by atoms with Crippen molar-refractivity contribution in [3.05, 3.63) is 194 Å². The predicted molar refractivity (Wildman–Crippen MR) is 236 cm³/mol. The molecule has 0 radical (unpaired) electrons. The molecule has 54 heavy (non-hydrogen) atoms. The topological polar surface area (TPSA) is 3.24 Å². The lowest BCUT2D eigenvalue weighted by Gasteiger charge is -2.27. The zero-order valence-corrected chi connectivity index (χ0v) is 30.5. The van der Waals surface area contributed by atoms with E-state index >= 15 is 0 Å². The Morgan fingerprint density at radius 3 is 1.91 bits per heavy atom. The third-order valence-electron chi connectivity index (χ3n) is 11.3. The van der Waals surface area contributed by atoms with Crippen molar-refractivity contribution in [3.63, 3.8) is 0 Å². The van der Waals surface area contributed by atoms with Gasteiger partial charge >= 0.3 is 0 Å². The zero-order valence-electron chi connectivity index (χ0n) is 29.7. The summed E-state index contributed by atoms with van der Waals surface area (Å²) < 4.78 is 2.66. The molecule has 1 aromatic heterocycles. The maximum absolute atomic E-state index is 2.43. The van der Waals surface area contributed by atoms with Gasteiger partial charge in [0.25, 0.3) is 0 Å². The van der Waals surface area contributed by atoms with Crippen molar-refractivity contribution < 1.29 is 0 Å². The van der Waals surface area contributed by atoms with E-state index in [1.54, 1.807) is 0 Å². The minimum absolute atomic E-state index is 1.08. The number of hydrogen-bond donors (Lipinski definition) is 0. The highest BCUT2D eigenvalue weighted by molar-refractivity contribution is 7.26. The van der Waals surface area contributed by atoms with Crippen LogP contribution in [-0.2, 0) is 0 Å². The number of rotatable bonds is 5. The van der Waals surface area contributed by atoms with Gasteiger partial charge in [-0.25, -0.2) is 0 Å². The van der Waals surface area contributed by atoms with Crippen molar-refractivity contribution in [3.8, 4) is 11.1 Å². The van der Waals surface area contributed by atoms with Crippen molar-refractivity contribution in [1.29, 1.82) is 0 Å². The molecule has 0 aliphatic heterocycles. The summed E-state index contributed by atoms with van der Waals surface area (Å²) in [6.45, 7) is 0. The van der Waals surface area contributed by atoms with E-state index in [1.165, 1.54) is 91.2 Å². The summed E-state index contributed by atoms with van der Waals surface area (Å²) in [4.78, 5) is 2.43. The summed E-state index contributed by atoms with van der Waals surface area (Å²) in [6, 6.07) is 63.2. The Bertz CT molecular complexity index is 3140. The van der Waals surface area contributed by atoms with Crippen LogP contribution in [0.5, 0.6) is 0 Å². The molecular formula is C52H35NS. The Morgan fingerprint density at radius 1 is 0.426 bits per heavy atom. The van der Waals surface area contributed by atoms with Gasteiger partial charge in [-0.1, -0.05) is 140 Å². The third kappa shape index (κ3) is 5.06. The van der Waals surface area contributed by atoms with Crippen LogP contribution in [0, 0.1) is 0 Å². The quantitative estimate of drug-likeness (QED) is 0.161. The van der Waals surface area contributed by atoms with Gasteiger partial charge in [-0.2, -0.15) is 0 Å². The average molecular weight is 706 g/mol. The number of allylic oxidation sites excluding steroid dienone is 4. The number of nitrogens with zero attached hydrogens (tertiary/aromatic N) is 1. The van der Waals surface area contributed by atoms with E-state index in [4.69, 9.17) is 0 Å². The molecule has 10 aromatic rings. The summed E-state index contributed by atoms with van der Waals surface area (Å²) >= 11 is 1.88. The molecule has 9 aromatic carbocycles. The molecule has 254 valence electrons. The number of thiophene rings is 1. The van der Waals surface area contributed by atoms with Gasteiger partial charge in [-0.15, -0.1) is 11.3 Å². The van der Waals surface area contributed by atoms with Gasteiger partial charge in [-0.3, -0.25) is 0 Å². The van der Waals surface area contributed by atoms with Crippen LogP contribution in [0.1, 0.15) is 18.4 Å². The van der Waals surface area contributed by atoms with Crippen LogP contribution < -0.4 is 4.90 Å². The Labute approximate surface area is 318 Å². The van der Waals surface area contributed by atoms with Crippen molar-refractivity contribution in [2.75, 3.05) is 4.90 Å². The second-order valence-electron chi connectivity index (χ2n) is 14.4. The van der Waals surface area contributed by atoms with E-state index in [9.17, 15) is 0 Å². The molecule has 0 unspecified atom stereocenters. The first-order valence-electron chi connectivity index (χ1n) is 18.8. The maximum Gasteiger partial charge on any atom is 0.0540 e. The van der Waals surface area contributed by atoms with Crippen molar-refractivity contribution in [2.24, 2.45) is 0 Å². The summed E-state index contributed by atoms with van der Waals surface area (Å²) in [5.41, 5.74) is 8.56. The molecule has 2 heteroatoms. The fraction of sp³-hybridized carbons (Fsp3) is 0.0385. The molecule has 11 rings (SSSR count). The van der Waals surface area contributed by atoms with Gasteiger partial charge in [0.15, 0.2) is 0 Å². The molecule has 0 fully saturated rings.